The van der Waals surface area contributed by atoms with Crippen LogP contribution in [-0.2, 0) is 4.79 Å². The van der Waals surface area contributed by atoms with Gasteiger partial charge in [0.15, 0.2) is 0 Å². The van der Waals surface area contributed by atoms with E-state index in [1.54, 1.807) is 0 Å². The molecule has 0 fully saturated rings. The first-order valence-corrected chi connectivity index (χ1v) is 9.16. The lowest BCUT2D eigenvalue weighted by atomic mass is 9.92. The summed E-state index contributed by atoms with van der Waals surface area (Å²) in [5, 5.41) is 1.13. The zero-order chi connectivity index (χ0) is 14.2. The maximum absolute atomic E-state index is 12.7. The van der Waals surface area contributed by atoms with Crippen molar-refractivity contribution in [3.8, 4) is 0 Å². The number of benzene rings is 2. The second-order valence-electron chi connectivity index (χ2n) is 5.18. The molecule has 0 saturated carbocycles. The first kappa shape index (κ1) is 15.0. The third kappa shape index (κ3) is 4.07. The maximum Gasteiger partial charge on any atom is 0.344 e. The van der Waals surface area contributed by atoms with Crippen molar-refractivity contribution >= 4 is 19.9 Å². The second kappa shape index (κ2) is 8.05. The minimum atomic E-state index is -0.649. The van der Waals surface area contributed by atoms with Gasteiger partial charge in [0.2, 0.25) is 0 Å². The smallest absolute Gasteiger partial charge is 0.320 e. The molecule has 0 aliphatic heterocycles. The molecule has 0 amide bonds. The van der Waals surface area contributed by atoms with E-state index >= 15 is 0 Å². The van der Waals surface area contributed by atoms with Crippen LogP contribution >= 0.6 is 0 Å². The summed E-state index contributed by atoms with van der Waals surface area (Å²) in [4.78, 5) is 12.7. The van der Waals surface area contributed by atoms with Crippen LogP contribution in [-0.4, -0.2) is 19.9 Å². The largest absolute Gasteiger partial charge is 0.344 e. The van der Waals surface area contributed by atoms with Crippen LogP contribution < -0.4 is 0 Å². The Labute approximate surface area is 127 Å². The fourth-order valence-electron chi connectivity index (χ4n) is 2.55. The van der Waals surface area contributed by atoms with Crippen molar-refractivity contribution in [1.82, 2.24) is 0 Å². The zero-order valence-electron chi connectivity index (χ0n) is 12.1. The average Bonchev–Trinajstić information content (AvgIpc) is 2.50. The number of carbonyl (C=O) groups excluding carboxylic acids is 1. The van der Waals surface area contributed by atoms with Gasteiger partial charge < -0.3 is 4.79 Å². The van der Waals surface area contributed by atoms with E-state index in [1.165, 1.54) is 12.8 Å². The van der Waals surface area contributed by atoms with E-state index in [2.05, 4.69) is 31.2 Å². The Hall–Kier alpha value is -1.36. The molecule has 0 spiro atoms. The summed E-state index contributed by atoms with van der Waals surface area (Å²) in [5.41, 5.74) is 2.26. The lowest BCUT2D eigenvalue weighted by molar-refractivity contribution is -0.112. The Bertz CT molecular complexity index is 482. The SMILES string of the molecule is CCC[CH2][AlH][C](=O)C(c1ccccc1)c1ccccc1. The highest BCUT2D eigenvalue weighted by molar-refractivity contribution is 6.75. The van der Waals surface area contributed by atoms with Crippen molar-refractivity contribution < 1.29 is 4.79 Å². The van der Waals surface area contributed by atoms with E-state index in [9.17, 15) is 4.79 Å². The molecule has 2 heteroatoms. The topological polar surface area (TPSA) is 17.1 Å². The molecule has 0 N–H and O–H groups in total. The lowest BCUT2D eigenvalue weighted by Gasteiger charge is -2.17. The van der Waals surface area contributed by atoms with Crippen LogP contribution in [0.15, 0.2) is 60.7 Å². The second-order valence-corrected chi connectivity index (χ2v) is 7.08. The minimum Gasteiger partial charge on any atom is -0.320 e. The van der Waals surface area contributed by atoms with Crippen LogP contribution in [0.25, 0.3) is 0 Å². The first-order valence-electron chi connectivity index (χ1n) is 7.45. The van der Waals surface area contributed by atoms with Gasteiger partial charge in [0, 0.05) is 5.92 Å². The van der Waals surface area contributed by atoms with Crippen LogP contribution in [0, 0.1) is 0 Å². The predicted molar refractivity (Wildman–Crippen MR) is 86.6 cm³/mol. The molecule has 1 nitrogen and oxygen atoms in total. The van der Waals surface area contributed by atoms with Crippen molar-refractivity contribution in [3.05, 3.63) is 71.8 Å². The monoisotopic (exact) mass is 280 g/mol. The zero-order valence-corrected chi connectivity index (χ0v) is 13.5. The molecule has 0 saturated heterocycles. The van der Waals surface area contributed by atoms with Gasteiger partial charge in [-0.3, -0.25) is 0 Å². The van der Waals surface area contributed by atoms with E-state index in [4.69, 9.17) is 0 Å². The summed E-state index contributed by atoms with van der Waals surface area (Å²) in [5.74, 6) is -0.0547. The average molecular weight is 280 g/mol. The summed E-state index contributed by atoms with van der Waals surface area (Å²) >= 11 is -0.649. The number of hydrogen-bond acceptors (Lipinski definition) is 1. The Morgan fingerprint density at radius 1 is 0.950 bits per heavy atom. The molecular weight excluding hydrogens is 259 g/mol. The lowest BCUT2D eigenvalue weighted by Crippen LogP contribution is -2.20. The quantitative estimate of drug-likeness (QED) is 0.553. The van der Waals surface area contributed by atoms with Gasteiger partial charge in [0.25, 0.3) is 0 Å². The number of carbonyl (C=O) groups is 1. The number of unbranched alkanes of at least 4 members (excludes halogenated alkanes) is 1. The van der Waals surface area contributed by atoms with E-state index in [0.717, 1.165) is 16.4 Å². The summed E-state index contributed by atoms with van der Waals surface area (Å²) in [6.45, 7) is 2.19. The third-order valence-corrected chi connectivity index (χ3v) is 5.37. The van der Waals surface area contributed by atoms with Gasteiger partial charge in [-0.1, -0.05) is 85.7 Å². The van der Waals surface area contributed by atoms with E-state index in [-0.39, 0.29) is 5.92 Å². The van der Waals surface area contributed by atoms with Crippen LogP contribution in [0.1, 0.15) is 36.8 Å². The molecule has 0 unspecified atom stereocenters. The Balaban J connectivity index is 2.23. The van der Waals surface area contributed by atoms with Crippen LogP contribution in [0.5, 0.6) is 0 Å². The van der Waals surface area contributed by atoms with Crippen LogP contribution in [0.3, 0.4) is 0 Å². The molecule has 102 valence electrons. The standard InChI is InChI=1S/C14H11O.C4H9.Al.H/c15-11-14(12-7-3-1-4-8-12)13-9-5-2-6-10-13;1-3-4-2;;/h1-10,14H;1,3-4H2,2H3;;. The number of rotatable bonds is 7. The van der Waals surface area contributed by atoms with Gasteiger partial charge in [0.05, 0.1) is 4.65 Å². The van der Waals surface area contributed by atoms with Gasteiger partial charge >= 0.3 is 15.2 Å². The Morgan fingerprint density at radius 3 is 1.90 bits per heavy atom. The maximum atomic E-state index is 12.7. The third-order valence-electron chi connectivity index (χ3n) is 3.61. The molecule has 0 radical (unpaired) electrons. The molecule has 0 aromatic heterocycles. The fourth-order valence-corrected chi connectivity index (χ4v) is 4.41. The molecule has 0 heterocycles. The van der Waals surface area contributed by atoms with Crippen LogP contribution in [0.4, 0.5) is 0 Å². The number of hydrogen-bond donors (Lipinski definition) is 0. The van der Waals surface area contributed by atoms with Crippen molar-refractivity contribution in [2.75, 3.05) is 0 Å². The van der Waals surface area contributed by atoms with Gasteiger partial charge in [0.1, 0.15) is 0 Å². The molecule has 0 aliphatic rings. The molecular formula is C18H21AlO. The summed E-state index contributed by atoms with van der Waals surface area (Å²) < 4.78 is 0.468. The predicted octanol–water partition coefficient (Wildman–Crippen LogP) is 4.00. The van der Waals surface area contributed by atoms with Crippen LogP contribution in [0.2, 0.25) is 5.28 Å². The fraction of sp³-hybridized carbons (Fsp3) is 0.278. The minimum absolute atomic E-state index is 0.0547. The molecule has 0 bridgehead atoms. The van der Waals surface area contributed by atoms with Crippen molar-refractivity contribution in [1.29, 1.82) is 0 Å². The molecule has 2 rings (SSSR count). The van der Waals surface area contributed by atoms with Gasteiger partial charge in [-0.25, -0.2) is 0 Å². The highest BCUT2D eigenvalue weighted by atomic mass is 27.1. The Kier molecular flexibility index (Phi) is 6.05. The summed E-state index contributed by atoms with van der Waals surface area (Å²) in [6, 6.07) is 20.4. The summed E-state index contributed by atoms with van der Waals surface area (Å²) in [7, 11) is 0. The normalized spacial score (nSPS) is 10.5. The van der Waals surface area contributed by atoms with E-state index < -0.39 is 15.2 Å². The van der Waals surface area contributed by atoms with Crippen molar-refractivity contribution in [2.24, 2.45) is 0 Å². The molecule has 2 aromatic rings. The molecule has 20 heavy (non-hydrogen) atoms. The van der Waals surface area contributed by atoms with Crippen molar-refractivity contribution in [2.45, 2.75) is 31.0 Å². The van der Waals surface area contributed by atoms with Gasteiger partial charge in [-0.15, -0.1) is 0 Å². The highest BCUT2D eigenvalue weighted by Crippen LogP contribution is 2.25. The van der Waals surface area contributed by atoms with Gasteiger partial charge in [-0.05, 0) is 11.1 Å². The first-order chi connectivity index (χ1) is 9.83. The highest BCUT2D eigenvalue weighted by Gasteiger charge is 2.22. The Morgan fingerprint density at radius 2 is 1.45 bits per heavy atom. The molecule has 0 atom stereocenters. The molecule has 2 aromatic carbocycles. The summed E-state index contributed by atoms with van der Waals surface area (Å²) in [6.07, 6.45) is 2.37. The van der Waals surface area contributed by atoms with E-state index in [1.807, 2.05) is 36.4 Å². The van der Waals surface area contributed by atoms with E-state index in [0.29, 0.717) is 4.65 Å². The molecule has 0 aliphatic carbocycles. The van der Waals surface area contributed by atoms with Crippen molar-refractivity contribution in [3.63, 3.8) is 0 Å². The van der Waals surface area contributed by atoms with Gasteiger partial charge in [-0.2, -0.15) is 0 Å².